The molecule has 0 heterocycles. The second-order valence-corrected chi connectivity index (χ2v) is 7.26. The van der Waals surface area contributed by atoms with E-state index in [9.17, 15) is 0 Å². The van der Waals surface area contributed by atoms with E-state index in [1.165, 1.54) is 50.8 Å². The second-order valence-electron chi connectivity index (χ2n) is 3.45. The molecule has 0 rings (SSSR count). The van der Waals surface area contributed by atoms with Crippen molar-refractivity contribution in [3.8, 4) is 0 Å². The Morgan fingerprint density at radius 1 is 0.833 bits per heavy atom. The van der Waals surface area contributed by atoms with Crippen LogP contribution in [0.25, 0.3) is 0 Å². The molecule has 0 saturated heterocycles. The van der Waals surface area contributed by atoms with Crippen LogP contribution >= 0.6 is 6.70 Å². The van der Waals surface area contributed by atoms with Gasteiger partial charge in [0.2, 0.25) is 0 Å². The Balaban J connectivity index is 3.10. The van der Waals surface area contributed by atoms with Gasteiger partial charge in [0.1, 0.15) is 0 Å². The molecule has 0 aromatic carbocycles. The molecule has 0 aliphatic heterocycles. The van der Waals surface area contributed by atoms with Crippen LogP contribution in [0.4, 0.5) is 0 Å². The van der Waals surface area contributed by atoms with Gasteiger partial charge in [-0.1, -0.05) is 46.2 Å². The molecule has 0 saturated carbocycles. The molecular formula is C10H23PS. The van der Waals surface area contributed by atoms with Crippen molar-refractivity contribution in [2.75, 3.05) is 12.3 Å². The van der Waals surface area contributed by atoms with Crippen molar-refractivity contribution in [3.63, 3.8) is 0 Å². The molecule has 0 radical (unpaired) electrons. The summed E-state index contributed by atoms with van der Waals surface area (Å²) in [5.74, 6) is 0. The molecule has 0 amide bonds. The van der Waals surface area contributed by atoms with Crippen LogP contribution in [0.5, 0.6) is 0 Å². The molecule has 0 aliphatic carbocycles. The predicted octanol–water partition coefficient (Wildman–Crippen LogP) is 4.04. The highest BCUT2D eigenvalue weighted by atomic mass is 32.4. The predicted molar refractivity (Wildman–Crippen MR) is 64.5 cm³/mol. The minimum atomic E-state index is -0.351. The van der Waals surface area contributed by atoms with Crippen molar-refractivity contribution in [2.45, 2.75) is 52.4 Å². The molecule has 0 aliphatic rings. The van der Waals surface area contributed by atoms with Crippen LogP contribution in [0.15, 0.2) is 0 Å². The molecular weight excluding hydrogens is 183 g/mol. The Morgan fingerprint density at radius 3 is 1.58 bits per heavy atom. The average molecular weight is 206 g/mol. The lowest BCUT2D eigenvalue weighted by Crippen LogP contribution is -1.84. The first-order valence-corrected chi connectivity index (χ1v) is 8.37. The smallest absolute Gasteiger partial charge is 0.0260 e. The molecule has 2 heteroatoms. The zero-order valence-electron chi connectivity index (χ0n) is 8.57. The normalized spacial score (nSPS) is 10.9. The minimum absolute atomic E-state index is 0.351. The SMILES string of the molecule is CCCCC[PH](=S)CCCCC. The van der Waals surface area contributed by atoms with Gasteiger partial charge in [-0.05, 0) is 25.2 Å². The van der Waals surface area contributed by atoms with Gasteiger partial charge in [-0.25, -0.2) is 0 Å². The van der Waals surface area contributed by atoms with E-state index < -0.39 is 0 Å². The van der Waals surface area contributed by atoms with E-state index in [1.54, 1.807) is 0 Å². The summed E-state index contributed by atoms with van der Waals surface area (Å²) in [6.45, 7) is 4.16. The Hall–Kier alpha value is 0.650. The van der Waals surface area contributed by atoms with Crippen molar-refractivity contribution >= 4 is 18.5 Å². The van der Waals surface area contributed by atoms with Crippen LogP contribution in [0.3, 0.4) is 0 Å². The summed E-state index contributed by atoms with van der Waals surface area (Å²) in [5.41, 5.74) is 0. The Kier molecular flexibility index (Phi) is 10.3. The van der Waals surface area contributed by atoms with Crippen LogP contribution in [0.1, 0.15) is 52.4 Å². The maximum absolute atomic E-state index is 5.47. The van der Waals surface area contributed by atoms with E-state index in [4.69, 9.17) is 11.8 Å². The zero-order chi connectivity index (χ0) is 9.23. The molecule has 0 fully saturated rings. The molecule has 0 N–H and O–H groups in total. The lowest BCUT2D eigenvalue weighted by molar-refractivity contribution is 0.765. The van der Waals surface area contributed by atoms with Crippen molar-refractivity contribution in [2.24, 2.45) is 0 Å². The Morgan fingerprint density at radius 2 is 1.25 bits per heavy atom. The third kappa shape index (κ3) is 8.74. The Labute approximate surface area is 83.6 Å². The molecule has 0 spiro atoms. The van der Waals surface area contributed by atoms with Gasteiger partial charge in [-0.15, -0.1) is 11.8 Å². The monoisotopic (exact) mass is 206 g/mol. The lowest BCUT2D eigenvalue weighted by atomic mass is 10.3. The van der Waals surface area contributed by atoms with Crippen LogP contribution < -0.4 is 0 Å². The molecule has 0 bridgehead atoms. The molecule has 0 aromatic heterocycles. The second kappa shape index (κ2) is 9.74. The quantitative estimate of drug-likeness (QED) is 0.426. The summed E-state index contributed by atoms with van der Waals surface area (Å²) in [6.07, 6.45) is 11.0. The van der Waals surface area contributed by atoms with E-state index in [2.05, 4.69) is 13.8 Å². The minimum Gasteiger partial charge on any atom is -0.101 e. The fraction of sp³-hybridized carbons (Fsp3) is 1.00. The van der Waals surface area contributed by atoms with Crippen molar-refractivity contribution < 1.29 is 0 Å². The highest BCUT2D eigenvalue weighted by Gasteiger charge is 1.94. The number of unbranched alkanes of at least 4 members (excludes halogenated alkanes) is 4. The van der Waals surface area contributed by atoms with Crippen LogP contribution in [-0.2, 0) is 11.8 Å². The van der Waals surface area contributed by atoms with Crippen LogP contribution in [0.2, 0.25) is 0 Å². The lowest BCUT2D eigenvalue weighted by Gasteiger charge is -2.03. The van der Waals surface area contributed by atoms with Crippen molar-refractivity contribution in [1.29, 1.82) is 0 Å². The van der Waals surface area contributed by atoms with Gasteiger partial charge in [-0.3, -0.25) is 0 Å². The first-order chi connectivity index (χ1) is 5.81. The summed E-state index contributed by atoms with van der Waals surface area (Å²) in [6, 6.07) is 0. The van der Waals surface area contributed by atoms with E-state index in [0.29, 0.717) is 0 Å². The van der Waals surface area contributed by atoms with E-state index >= 15 is 0 Å². The van der Waals surface area contributed by atoms with Gasteiger partial charge in [0.15, 0.2) is 0 Å². The summed E-state index contributed by atoms with van der Waals surface area (Å²) in [4.78, 5) is 0. The van der Waals surface area contributed by atoms with Gasteiger partial charge in [0.05, 0.1) is 0 Å². The van der Waals surface area contributed by atoms with Crippen LogP contribution in [-0.4, -0.2) is 12.3 Å². The van der Waals surface area contributed by atoms with Crippen molar-refractivity contribution in [3.05, 3.63) is 0 Å². The first-order valence-electron chi connectivity index (χ1n) is 5.33. The largest absolute Gasteiger partial charge is 0.101 e. The molecule has 0 atom stereocenters. The maximum Gasteiger partial charge on any atom is -0.0260 e. The molecule has 74 valence electrons. The fourth-order valence-corrected chi connectivity index (χ4v) is 3.67. The number of rotatable bonds is 8. The Bertz CT molecular complexity index is 100. The third-order valence-electron chi connectivity index (χ3n) is 2.12. The van der Waals surface area contributed by atoms with Gasteiger partial charge in [0.25, 0.3) is 0 Å². The highest BCUT2D eigenvalue weighted by molar-refractivity contribution is 8.05. The number of hydrogen-bond acceptors (Lipinski definition) is 1. The number of hydrogen-bond donors (Lipinski definition) is 0. The molecule has 0 aromatic rings. The average Bonchev–Trinajstić information content (AvgIpc) is 2.06. The standard InChI is InChI=1S/C10H23PS/c1-3-5-7-9-11(12)10-8-6-4-2/h11H,3-10H2,1-2H3. The third-order valence-corrected chi connectivity index (χ3v) is 5.17. The summed E-state index contributed by atoms with van der Waals surface area (Å²) in [5, 5.41) is 0. The highest BCUT2D eigenvalue weighted by Crippen LogP contribution is 2.24. The topological polar surface area (TPSA) is 0 Å². The van der Waals surface area contributed by atoms with Crippen molar-refractivity contribution in [1.82, 2.24) is 0 Å². The van der Waals surface area contributed by atoms with E-state index in [0.717, 1.165) is 0 Å². The summed E-state index contributed by atoms with van der Waals surface area (Å²) < 4.78 is 0. The molecule has 0 nitrogen and oxygen atoms in total. The fourth-order valence-electron chi connectivity index (χ4n) is 1.27. The summed E-state index contributed by atoms with van der Waals surface area (Å²) in [7, 11) is 0. The van der Waals surface area contributed by atoms with E-state index in [1.807, 2.05) is 0 Å². The van der Waals surface area contributed by atoms with Gasteiger partial charge in [-0.2, -0.15) is 0 Å². The van der Waals surface area contributed by atoms with Crippen LogP contribution in [0, 0.1) is 0 Å². The molecule has 12 heavy (non-hydrogen) atoms. The van der Waals surface area contributed by atoms with Gasteiger partial charge >= 0.3 is 0 Å². The van der Waals surface area contributed by atoms with Gasteiger partial charge in [0, 0.05) is 0 Å². The van der Waals surface area contributed by atoms with E-state index in [-0.39, 0.29) is 6.70 Å². The van der Waals surface area contributed by atoms with Gasteiger partial charge < -0.3 is 0 Å². The zero-order valence-corrected chi connectivity index (χ0v) is 10.4. The first kappa shape index (κ1) is 12.7. The molecule has 0 unspecified atom stereocenters. The summed E-state index contributed by atoms with van der Waals surface area (Å²) >= 11 is 5.47. The maximum atomic E-state index is 5.47.